The van der Waals surface area contributed by atoms with E-state index in [0.717, 1.165) is 11.7 Å². The maximum absolute atomic E-state index is 11.5. The third kappa shape index (κ3) is 3.16. The summed E-state index contributed by atoms with van der Waals surface area (Å²) in [6, 6.07) is 0.430. The van der Waals surface area contributed by atoms with Gasteiger partial charge in [0.15, 0.2) is 0 Å². The quantitative estimate of drug-likeness (QED) is 0.787. The SMILES string of the molecule is CCCC1CCC2NC(C(=O)OC)CSC2C1. The van der Waals surface area contributed by atoms with Crippen molar-refractivity contribution in [3.63, 3.8) is 0 Å². The average Bonchev–Trinajstić information content (AvgIpc) is 2.37. The summed E-state index contributed by atoms with van der Waals surface area (Å²) in [7, 11) is 1.47. The molecule has 3 nitrogen and oxygen atoms in total. The van der Waals surface area contributed by atoms with Crippen LogP contribution in [0.5, 0.6) is 0 Å². The van der Waals surface area contributed by atoms with Gasteiger partial charge in [0, 0.05) is 17.0 Å². The van der Waals surface area contributed by atoms with E-state index >= 15 is 0 Å². The summed E-state index contributed by atoms with van der Waals surface area (Å²) < 4.78 is 4.81. The van der Waals surface area contributed by atoms with Crippen LogP contribution in [0.15, 0.2) is 0 Å². The predicted molar refractivity (Wildman–Crippen MR) is 71.2 cm³/mol. The lowest BCUT2D eigenvalue weighted by atomic mass is 9.83. The van der Waals surface area contributed by atoms with Crippen LogP contribution >= 0.6 is 11.8 Å². The Morgan fingerprint density at radius 1 is 1.47 bits per heavy atom. The fourth-order valence-electron chi connectivity index (χ4n) is 3.06. The highest BCUT2D eigenvalue weighted by atomic mass is 32.2. The van der Waals surface area contributed by atoms with Crippen LogP contribution in [0.4, 0.5) is 0 Å². The molecule has 17 heavy (non-hydrogen) atoms. The topological polar surface area (TPSA) is 38.3 Å². The molecule has 1 heterocycles. The van der Waals surface area contributed by atoms with Crippen LogP contribution in [-0.4, -0.2) is 36.2 Å². The number of hydrogen-bond donors (Lipinski definition) is 1. The zero-order valence-corrected chi connectivity index (χ0v) is 11.6. The van der Waals surface area contributed by atoms with Crippen molar-refractivity contribution >= 4 is 17.7 Å². The molecule has 1 saturated carbocycles. The number of thioether (sulfide) groups is 1. The molecule has 1 aliphatic heterocycles. The molecule has 0 aromatic rings. The van der Waals surface area contributed by atoms with Gasteiger partial charge < -0.3 is 4.74 Å². The van der Waals surface area contributed by atoms with Gasteiger partial charge in [-0.15, -0.1) is 0 Å². The van der Waals surface area contributed by atoms with E-state index in [-0.39, 0.29) is 12.0 Å². The van der Waals surface area contributed by atoms with E-state index in [2.05, 4.69) is 12.2 Å². The number of rotatable bonds is 3. The first-order chi connectivity index (χ1) is 8.24. The van der Waals surface area contributed by atoms with Crippen molar-refractivity contribution in [3.05, 3.63) is 0 Å². The van der Waals surface area contributed by atoms with Crippen molar-refractivity contribution in [2.45, 2.75) is 56.4 Å². The van der Waals surface area contributed by atoms with Crippen LogP contribution in [-0.2, 0) is 9.53 Å². The number of hydrogen-bond acceptors (Lipinski definition) is 4. The lowest BCUT2D eigenvalue weighted by Crippen LogP contribution is -2.55. The number of esters is 1. The van der Waals surface area contributed by atoms with Gasteiger partial charge in [-0.1, -0.05) is 19.8 Å². The first-order valence-electron chi connectivity index (χ1n) is 6.70. The Kier molecular flexibility index (Phi) is 4.74. The number of methoxy groups -OCH3 is 1. The highest BCUT2D eigenvalue weighted by Crippen LogP contribution is 2.37. The third-order valence-corrected chi connectivity index (χ3v) is 5.45. The second-order valence-corrected chi connectivity index (χ2v) is 6.46. The van der Waals surface area contributed by atoms with E-state index in [4.69, 9.17) is 4.74 Å². The molecule has 0 spiro atoms. The number of nitrogens with one attached hydrogen (secondary N) is 1. The molecule has 0 bridgehead atoms. The monoisotopic (exact) mass is 257 g/mol. The van der Waals surface area contributed by atoms with Crippen molar-refractivity contribution in [1.82, 2.24) is 5.32 Å². The van der Waals surface area contributed by atoms with E-state index in [1.54, 1.807) is 0 Å². The second kappa shape index (κ2) is 6.10. The minimum atomic E-state index is -0.105. The summed E-state index contributed by atoms with van der Waals surface area (Å²) in [5, 5.41) is 4.18. The van der Waals surface area contributed by atoms with Crippen molar-refractivity contribution < 1.29 is 9.53 Å². The first-order valence-corrected chi connectivity index (χ1v) is 7.75. The van der Waals surface area contributed by atoms with Crippen molar-refractivity contribution in [3.8, 4) is 0 Å². The van der Waals surface area contributed by atoms with Crippen LogP contribution in [0.2, 0.25) is 0 Å². The molecular formula is C13H23NO2S. The molecule has 1 aliphatic carbocycles. The van der Waals surface area contributed by atoms with E-state index < -0.39 is 0 Å². The molecule has 98 valence electrons. The Bertz CT molecular complexity index is 272. The fraction of sp³-hybridized carbons (Fsp3) is 0.923. The van der Waals surface area contributed by atoms with Gasteiger partial charge in [0.1, 0.15) is 6.04 Å². The Balaban J connectivity index is 1.86. The molecule has 0 aromatic carbocycles. The first kappa shape index (κ1) is 13.2. The molecule has 1 N–H and O–H groups in total. The minimum Gasteiger partial charge on any atom is -0.468 e. The third-order valence-electron chi connectivity index (χ3n) is 3.98. The predicted octanol–water partition coefficient (Wildman–Crippen LogP) is 2.20. The van der Waals surface area contributed by atoms with Crippen molar-refractivity contribution in [1.29, 1.82) is 0 Å². The Labute approximate surface area is 108 Å². The normalized spacial score (nSPS) is 37.3. The van der Waals surface area contributed by atoms with Gasteiger partial charge in [-0.05, 0) is 25.2 Å². The molecule has 2 aliphatic rings. The molecule has 0 aromatic heterocycles. The van der Waals surface area contributed by atoms with Crippen LogP contribution in [0.25, 0.3) is 0 Å². The molecule has 4 atom stereocenters. The zero-order valence-electron chi connectivity index (χ0n) is 10.8. The van der Waals surface area contributed by atoms with Gasteiger partial charge >= 0.3 is 5.97 Å². The molecular weight excluding hydrogens is 234 g/mol. The van der Waals surface area contributed by atoms with Gasteiger partial charge in [-0.3, -0.25) is 10.1 Å². The summed E-state index contributed by atoms with van der Waals surface area (Å²) in [4.78, 5) is 11.5. The molecule has 1 saturated heterocycles. The lowest BCUT2D eigenvalue weighted by Gasteiger charge is -2.41. The zero-order chi connectivity index (χ0) is 12.3. The number of carbonyl (C=O) groups is 1. The lowest BCUT2D eigenvalue weighted by molar-refractivity contribution is -0.142. The van der Waals surface area contributed by atoms with Gasteiger partial charge in [0.25, 0.3) is 0 Å². The Morgan fingerprint density at radius 3 is 3.00 bits per heavy atom. The molecule has 2 rings (SSSR count). The molecule has 0 amide bonds. The van der Waals surface area contributed by atoms with E-state index in [0.29, 0.717) is 11.3 Å². The van der Waals surface area contributed by atoms with E-state index in [1.807, 2.05) is 11.8 Å². The number of carbonyl (C=O) groups excluding carboxylic acids is 1. The Morgan fingerprint density at radius 2 is 2.29 bits per heavy atom. The van der Waals surface area contributed by atoms with Gasteiger partial charge in [-0.25, -0.2) is 0 Å². The summed E-state index contributed by atoms with van der Waals surface area (Å²) in [5.41, 5.74) is 0. The van der Waals surface area contributed by atoms with Crippen LogP contribution < -0.4 is 5.32 Å². The van der Waals surface area contributed by atoms with Gasteiger partial charge in [0.05, 0.1) is 7.11 Å². The highest BCUT2D eigenvalue weighted by Gasteiger charge is 2.37. The van der Waals surface area contributed by atoms with Crippen LogP contribution in [0, 0.1) is 5.92 Å². The minimum absolute atomic E-state index is 0.0889. The van der Waals surface area contributed by atoms with Crippen molar-refractivity contribution in [2.75, 3.05) is 12.9 Å². The van der Waals surface area contributed by atoms with Crippen LogP contribution in [0.1, 0.15) is 39.0 Å². The van der Waals surface area contributed by atoms with E-state index in [9.17, 15) is 4.79 Å². The summed E-state index contributed by atoms with van der Waals surface area (Å²) in [6.45, 7) is 2.27. The van der Waals surface area contributed by atoms with Gasteiger partial charge in [0.2, 0.25) is 0 Å². The van der Waals surface area contributed by atoms with Gasteiger partial charge in [-0.2, -0.15) is 11.8 Å². The summed E-state index contributed by atoms with van der Waals surface area (Å²) in [5.74, 6) is 1.67. The van der Waals surface area contributed by atoms with Crippen LogP contribution in [0.3, 0.4) is 0 Å². The second-order valence-electron chi connectivity index (χ2n) is 5.19. The molecule has 4 unspecified atom stereocenters. The smallest absolute Gasteiger partial charge is 0.323 e. The molecule has 0 radical (unpaired) electrons. The maximum Gasteiger partial charge on any atom is 0.323 e. The maximum atomic E-state index is 11.5. The summed E-state index contributed by atoms with van der Waals surface area (Å²) >= 11 is 1.97. The number of ether oxygens (including phenoxy) is 1. The molecule has 2 fully saturated rings. The fourth-order valence-corrected chi connectivity index (χ4v) is 4.59. The van der Waals surface area contributed by atoms with E-state index in [1.165, 1.54) is 39.2 Å². The van der Waals surface area contributed by atoms with Crippen molar-refractivity contribution in [2.24, 2.45) is 5.92 Å². The standard InChI is InChI=1S/C13H23NO2S/c1-3-4-9-5-6-10-12(7-9)17-8-11(14-10)13(15)16-2/h9-12,14H,3-8H2,1-2H3. The summed E-state index contributed by atoms with van der Waals surface area (Å²) in [6.07, 6.45) is 6.52. The average molecular weight is 257 g/mol. The molecule has 4 heteroatoms. The Hall–Kier alpha value is -0.220. The highest BCUT2D eigenvalue weighted by molar-refractivity contribution is 8.00. The largest absolute Gasteiger partial charge is 0.468 e. The number of fused-ring (bicyclic) bond motifs is 1.